The number of ether oxygens (including phenoxy) is 1. The number of nitrogens with one attached hydrogen (secondary N) is 1. The summed E-state index contributed by atoms with van der Waals surface area (Å²) in [5.41, 5.74) is 7.44. The van der Waals surface area contributed by atoms with E-state index in [1.54, 1.807) is 32.4 Å². The second-order valence-electron chi connectivity index (χ2n) is 6.77. The first kappa shape index (κ1) is 20.5. The SMILES string of the molecule is COc1cccc(-c2nc(C)c(C(=O)N/N=C/c3cc(C)c(O)c(C)c3)s2)c1C. The molecule has 3 aromatic rings. The number of carbonyl (C=O) groups is 1. The minimum atomic E-state index is -0.310. The van der Waals surface area contributed by atoms with Crippen molar-refractivity contribution in [2.45, 2.75) is 27.7 Å². The Morgan fingerprint density at radius 2 is 1.90 bits per heavy atom. The predicted octanol–water partition coefficient (Wildman–Crippen LogP) is 4.52. The van der Waals surface area contributed by atoms with Crippen LogP contribution in [0.1, 0.15) is 37.6 Å². The quantitative estimate of drug-likeness (QED) is 0.479. The maximum absolute atomic E-state index is 12.6. The summed E-state index contributed by atoms with van der Waals surface area (Å²) in [4.78, 5) is 17.6. The van der Waals surface area contributed by atoms with Crippen LogP contribution < -0.4 is 10.2 Å². The molecule has 0 radical (unpaired) electrons. The van der Waals surface area contributed by atoms with E-state index in [-0.39, 0.29) is 11.7 Å². The Morgan fingerprint density at radius 1 is 1.21 bits per heavy atom. The Bertz CT molecular complexity index is 1080. The number of hydrogen-bond acceptors (Lipinski definition) is 6. The number of carbonyl (C=O) groups excluding carboxylic acids is 1. The van der Waals surface area contributed by atoms with E-state index in [1.165, 1.54) is 11.3 Å². The smallest absolute Gasteiger partial charge is 0.283 e. The lowest BCUT2D eigenvalue weighted by atomic mass is 10.1. The normalized spacial score (nSPS) is 11.1. The summed E-state index contributed by atoms with van der Waals surface area (Å²) >= 11 is 1.32. The van der Waals surface area contributed by atoms with Crippen LogP contribution in [0.3, 0.4) is 0 Å². The zero-order chi connectivity index (χ0) is 21.1. The van der Waals surface area contributed by atoms with E-state index in [2.05, 4.69) is 15.5 Å². The molecule has 0 unspecified atom stereocenters. The van der Waals surface area contributed by atoms with Gasteiger partial charge in [0.25, 0.3) is 5.91 Å². The van der Waals surface area contributed by atoms with E-state index < -0.39 is 0 Å². The average molecular weight is 410 g/mol. The summed E-state index contributed by atoms with van der Waals surface area (Å²) in [5, 5.41) is 14.7. The molecule has 7 heteroatoms. The molecule has 0 bridgehead atoms. The Morgan fingerprint density at radius 3 is 2.55 bits per heavy atom. The van der Waals surface area contributed by atoms with Crippen molar-refractivity contribution in [2.24, 2.45) is 5.10 Å². The molecule has 0 fully saturated rings. The third-order valence-electron chi connectivity index (χ3n) is 4.63. The second-order valence-corrected chi connectivity index (χ2v) is 7.77. The molecule has 1 amide bonds. The molecule has 2 N–H and O–H groups in total. The van der Waals surface area contributed by atoms with Crippen LogP contribution in [0.5, 0.6) is 11.5 Å². The number of nitrogens with zero attached hydrogens (tertiary/aromatic N) is 2. The van der Waals surface area contributed by atoms with E-state index >= 15 is 0 Å². The highest BCUT2D eigenvalue weighted by Crippen LogP contribution is 2.33. The molecule has 0 aliphatic rings. The highest BCUT2D eigenvalue weighted by Gasteiger charge is 2.18. The first-order valence-corrected chi connectivity index (χ1v) is 9.88. The van der Waals surface area contributed by atoms with Crippen molar-refractivity contribution < 1.29 is 14.6 Å². The third-order valence-corrected chi connectivity index (χ3v) is 5.82. The molecule has 3 rings (SSSR count). The number of rotatable bonds is 5. The molecule has 29 heavy (non-hydrogen) atoms. The van der Waals surface area contributed by atoms with Gasteiger partial charge in [0.05, 0.1) is 19.0 Å². The van der Waals surface area contributed by atoms with Crippen LogP contribution in [0, 0.1) is 27.7 Å². The van der Waals surface area contributed by atoms with Crippen LogP contribution in [0.15, 0.2) is 35.4 Å². The molecule has 0 aliphatic heterocycles. The lowest BCUT2D eigenvalue weighted by Gasteiger charge is -2.07. The zero-order valence-electron chi connectivity index (χ0n) is 17.0. The van der Waals surface area contributed by atoms with Gasteiger partial charge in [0, 0.05) is 11.1 Å². The Kier molecular flexibility index (Phi) is 5.98. The monoisotopic (exact) mass is 409 g/mol. The minimum Gasteiger partial charge on any atom is -0.507 e. The van der Waals surface area contributed by atoms with Gasteiger partial charge in [-0.3, -0.25) is 4.79 Å². The highest BCUT2D eigenvalue weighted by atomic mass is 32.1. The van der Waals surface area contributed by atoms with Gasteiger partial charge in [-0.05, 0) is 62.6 Å². The summed E-state index contributed by atoms with van der Waals surface area (Å²) in [6.07, 6.45) is 1.56. The van der Waals surface area contributed by atoms with Crippen molar-refractivity contribution in [2.75, 3.05) is 7.11 Å². The number of phenolic OH excluding ortho intramolecular Hbond substituents is 1. The molecule has 0 saturated heterocycles. The maximum atomic E-state index is 12.6. The summed E-state index contributed by atoms with van der Waals surface area (Å²) < 4.78 is 5.37. The van der Waals surface area contributed by atoms with Gasteiger partial charge in [0.1, 0.15) is 21.4 Å². The molecule has 0 spiro atoms. The summed E-state index contributed by atoms with van der Waals surface area (Å²) in [5.74, 6) is 0.743. The fourth-order valence-corrected chi connectivity index (χ4v) is 4.11. The van der Waals surface area contributed by atoms with Crippen molar-refractivity contribution >= 4 is 23.5 Å². The number of aryl methyl sites for hydroxylation is 3. The molecule has 1 aromatic heterocycles. The molecule has 0 aliphatic carbocycles. The molecule has 2 aromatic carbocycles. The van der Waals surface area contributed by atoms with Crippen molar-refractivity contribution in [3.05, 3.63) is 63.2 Å². The number of benzene rings is 2. The topological polar surface area (TPSA) is 83.8 Å². The fourth-order valence-electron chi connectivity index (χ4n) is 3.07. The molecule has 6 nitrogen and oxygen atoms in total. The number of hydrogen-bond donors (Lipinski definition) is 2. The summed E-state index contributed by atoms with van der Waals surface area (Å²) in [7, 11) is 1.63. The van der Waals surface area contributed by atoms with Gasteiger partial charge in [-0.15, -0.1) is 11.3 Å². The number of thiazole rings is 1. The minimum absolute atomic E-state index is 0.270. The molecule has 150 valence electrons. The average Bonchev–Trinajstić information content (AvgIpc) is 3.07. The number of aromatic hydroxyl groups is 1. The largest absolute Gasteiger partial charge is 0.507 e. The maximum Gasteiger partial charge on any atom is 0.283 e. The predicted molar refractivity (Wildman–Crippen MR) is 116 cm³/mol. The zero-order valence-corrected chi connectivity index (χ0v) is 17.8. The summed E-state index contributed by atoms with van der Waals surface area (Å²) in [6.45, 7) is 7.42. The Hall–Kier alpha value is -3.19. The van der Waals surface area contributed by atoms with Gasteiger partial charge in [-0.1, -0.05) is 12.1 Å². The first-order chi connectivity index (χ1) is 13.8. The molecular weight excluding hydrogens is 386 g/mol. The first-order valence-electron chi connectivity index (χ1n) is 9.06. The van der Waals surface area contributed by atoms with E-state index in [9.17, 15) is 9.90 Å². The fraction of sp³-hybridized carbons (Fsp3) is 0.227. The van der Waals surface area contributed by atoms with Gasteiger partial charge < -0.3 is 9.84 Å². The van der Waals surface area contributed by atoms with Gasteiger partial charge in [-0.25, -0.2) is 10.4 Å². The van der Waals surface area contributed by atoms with Gasteiger partial charge >= 0.3 is 0 Å². The molecular formula is C22H23N3O3S. The van der Waals surface area contributed by atoms with Crippen LogP contribution in [0.4, 0.5) is 0 Å². The van der Waals surface area contributed by atoms with Crippen LogP contribution in [0.2, 0.25) is 0 Å². The number of phenols is 1. The van der Waals surface area contributed by atoms with Crippen LogP contribution in [0.25, 0.3) is 10.6 Å². The van der Waals surface area contributed by atoms with Crippen molar-refractivity contribution in [1.29, 1.82) is 0 Å². The van der Waals surface area contributed by atoms with Gasteiger partial charge in [0.15, 0.2) is 0 Å². The lowest BCUT2D eigenvalue weighted by Crippen LogP contribution is -2.17. The van der Waals surface area contributed by atoms with Gasteiger partial charge in [0.2, 0.25) is 0 Å². The third kappa shape index (κ3) is 4.30. The molecule has 0 atom stereocenters. The van der Waals surface area contributed by atoms with Gasteiger partial charge in [-0.2, -0.15) is 5.10 Å². The van der Waals surface area contributed by atoms with Crippen molar-refractivity contribution in [3.8, 4) is 22.1 Å². The molecule has 0 saturated carbocycles. The molecule has 1 heterocycles. The number of hydrazone groups is 1. The van der Waals surface area contributed by atoms with Crippen molar-refractivity contribution in [3.63, 3.8) is 0 Å². The van der Waals surface area contributed by atoms with E-state index in [0.717, 1.165) is 38.6 Å². The standard InChI is InChI=1S/C22H23N3O3S/c1-12-9-16(10-13(2)19(12)26)11-23-25-21(27)20-15(4)24-22(29-20)17-7-6-8-18(28-5)14(17)3/h6-11,26H,1-5H3,(H,25,27)/b23-11+. The lowest BCUT2D eigenvalue weighted by molar-refractivity contribution is 0.0958. The van der Waals surface area contributed by atoms with Crippen LogP contribution in [-0.4, -0.2) is 29.3 Å². The summed E-state index contributed by atoms with van der Waals surface area (Å²) in [6, 6.07) is 9.38. The van der Waals surface area contributed by atoms with E-state index in [1.807, 2.05) is 39.0 Å². The number of methoxy groups -OCH3 is 1. The number of aromatic nitrogens is 1. The van der Waals surface area contributed by atoms with Crippen LogP contribution in [-0.2, 0) is 0 Å². The Balaban J connectivity index is 1.79. The van der Waals surface area contributed by atoms with Crippen molar-refractivity contribution in [1.82, 2.24) is 10.4 Å². The second kappa shape index (κ2) is 8.45. The highest BCUT2D eigenvalue weighted by molar-refractivity contribution is 7.17. The number of amides is 1. The van der Waals surface area contributed by atoms with Crippen LogP contribution >= 0.6 is 11.3 Å². The Labute approximate surface area is 173 Å². The van der Waals surface area contributed by atoms with E-state index in [0.29, 0.717) is 10.6 Å². The van der Waals surface area contributed by atoms with E-state index in [4.69, 9.17) is 4.74 Å².